The summed E-state index contributed by atoms with van der Waals surface area (Å²) in [6, 6.07) is 9.87. The summed E-state index contributed by atoms with van der Waals surface area (Å²) in [6.07, 6.45) is 14.8. The summed E-state index contributed by atoms with van der Waals surface area (Å²) in [5.74, 6) is -2.08. The van der Waals surface area contributed by atoms with Crippen LogP contribution in [-0.2, 0) is 20.9 Å². The van der Waals surface area contributed by atoms with Gasteiger partial charge in [0.15, 0.2) is 0 Å². The minimum Gasteiger partial charge on any atom is -0.480 e. The van der Waals surface area contributed by atoms with Crippen molar-refractivity contribution in [1.29, 1.82) is 0 Å². The van der Waals surface area contributed by atoms with Gasteiger partial charge < -0.3 is 24.2 Å². The van der Waals surface area contributed by atoms with Gasteiger partial charge in [0, 0.05) is 38.4 Å². The number of amides is 4. The maximum absolute atomic E-state index is 14.0. The van der Waals surface area contributed by atoms with E-state index in [0.717, 1.165) is 62.4 Å². The quantitative estimate of drug-likeness (QED) is 0.122. The topological polar surface area (TPSA) is 147 Å². The first kappa shape index (κ1) is 40.3. The summed E-state index contributed by atoms with van der Waals surface area (Å²) in [5.41, 5.74) is 0.394. The third-order valence-corrected chi connectivity index (χ3v) is 9.67. The molecule has 52 heavy (non-hydrogen) atoms. The number of unbranched alkanes of at least 4 members (excludes halogenated alkanes) is 11. The zero-order chi connectivity index (χ0) is 37.7. The zero-order valence-corrected chi connectivity index (χ0v) is 31.1. The van der Waals surface area contributed by atoms with E-state index in [1.165, 1.54) is 36.4 Å². The van der Waals surface area contributed by atoms with Crippen LogP contribution in [0, 0.1) is 5.92 Å². The fourth-order valence-corrected chi connectivity index (χ4v) is 6.96. The van der Waals surface area contributed by atoms with Crippen LogP contribution in [0.2, 0.25) is 0 Å². The number of anilines is 1. The summed E-state index contributed by atoms with van der Waals surface area (Å²) in [6.45, 7) is 6.59. The van der Waals surface area contributed by atoms with E-state index >= 15 is 0 Å². The average Bonchev–Trinajstić information content (AvgIpc) is 3.34. The number of piperidine rings is 1. The molecule has 1 saturated heterocycles. The SMILES string of the molecule is CC(C)(C)OC(=O)N1CCCC(C(=O)N(CCCCCCCCCCCCCCN2C(=O)c3ccccc3C2=O)c2ccc(=O)n(CC(=O)O)c2)C1. The number of ether oxygens (including phenoxy) is 1. The molecule has 4 amide bonds. The summed E-state index contributed by atoms with van der Waals surface area (Å²) >= 11 is 0. The number of nitrogens with zero attached hydrogens (tertiary/aromatic N) is 4. The molecule has 0 saturated carbocycles. The number of carbonyl (C=O) groups excluding carboxylic acids is 4. The molecule has 0 radical (unpaired) electrons. The lowest BCUT2D eigenvalue weighted by atomic mass is 9.96. The molecule has 1 N–H and O–H groups in total. The molecule has 1 unspecified atom stereocenters. The Morgan fingerprint density at radius 1 is 0.808 bits per heavy atom. The van der Waals surface area contributed by atoms with E-state index in [2.05, 4.69) is 0 Å². The molecule has 4 rings (SSSR count). The van der Waals surface area contributed by atoms with Crippen molar-refractivity contribution in [3.05, 3.63) is 64.1 Å². The number of imide groups is 1. The number of hydrogen-bond donors (Lipinski definition) is 1. The zero-order valence-electron chi connectivity index (χ0n) is 31.1. The molecule has 1 aromatic heterocycles. The molecule has 12 heteroatoms. The third kappa shape index (κ3) is 11.8. The highest BCUT2D eigenvalue weighted by Crippen LogP contribution is 2.26. The Hall–Kier alpha value is -4.48. The van der Waals surface area contributed by atoms with Crippen LogP contribution in [0.5, 0.6) is 0 Å². The van der Waals surface area contributed by atoms with Gasteiger partial charge in [0.25, 0.3) is 17.4 Å². The Labute approximate surface area is 307 Å². The number of likely N-dealkylation sites (tertiary alicyclic amines) is 1. The predicted octanol–water partition coefficient (Wildman–Crippen LogP) is 6.89. The normalized spacial score (nSPS) is 15.9. The first-order chi connectivity index (χ1) is 24.9. The molecule has 1 atom stereocenters. The van der Waals surface area contributed by atoms with Gasteiger partial charge in [-0.2, -0.15) is 0 Å². The van der Waals surface area contributed by atoms with Crippen molar-refractivity contribution in [2.45, 2.75) is 123 Å². The van der Waals surface area contributed by atoms with Gasteiger partial charge in [0.05, 0.1) is 22.7 Å². The van der Waals surface area contributed by atoms with Crippen molar-refractivity contribution in [2.75, 3.05) is 31.1 Å². The molecule has 0 spiro atoms. The Balaban J connectivity index is 1.15. The van der Waals surface area contributed by atoms with E-state index in [4.69, 9.17) is 4.74 Å². The number of fused-ring (bicyclic) bond motifs is 1. The lowest BCUT2D eigenvalue weighted by molar-refractivity contribution is -0.137. The molecule has 2 aliphatic rings. The minimum absolute atomic E-state index is 0.141. The van der Waals surface area contributed by atoms with Crippen molar-refractivity contribution in [2.24, 2.45) is 5.92 Å². The summed E-state index contributed by atoms with van der Waals surface area (Å²) in [7, 11) is 0. The van der Waals surface area contributed by atoms with Crippen molar-refractivity contribution >= 4 is 35.5 Å². The second-order valence-corrected chi connectivity index (χ2v) is 15.1. The van der Waals surface area contributed by atoms with Crippen molar-refractivity contribution in [1.82, 2.24) is 14.4 Å². The molecule has 1 aromatic carbocycles. The van der Waals surface area contributed by atoms with Gasteiger partial charge >= 0.3 is 12.1 Å². The third-order valence-electron chi connectivity index (χ3n) is 9.67. The first-order valence-electron chi connectivity index (χ1n) is 19.0. The highest BCUT2D eigenvalue weighted by atomic mass is 16.6. The van der Waals surface area contributed by atoms with Crippen molar-refractivity contribution in [3.8, 4) is 0 Å². The molecule has 2 aromatic rings. The van der Waals surface area contributed by atoms with Crippen LogP contribution in [0.15, 0.2) is 47.4 Å². The number of carbonyl (C=O) groups is 5. The number of hydrogen-bond acceptors (Lipinski definition) is 7. The molecule has 12 nitrogen and oxygen atoms in total. The number of aromatic nitrogens is 1. The maximum atomic E-state index is 14.0. The van der Waals surface area contributed by atoms with Crippen LogP contribution in [0.4, 0.5) is 10.5 Å². The smallest absolute Gasteiger partial charge is 0.410 e. The van der Waals surface area contributed by atoms with E-state index in [-0.39, 0.29) is 24.3 Å². The molecular weight excluding hydrogens is 664 g/mol. The van der Waals surface area contributed by atoms with E-state index in [1.807, 2.05) is 20.8 Å². The summed E-state index contributed by atoms with van der Waals surface area (Å²) in [5, 5.41) is 9.29. The average molecular weight is 721 g/mol. The molecule has 1 fully saturated rings. The van der Waals surface area contributed by atoms with Crippen LogP contribution < -0.4 is 10.5 Å². The van der Waals surface area contributed by atoms with Crippen LogP contribution in [0.3, 0.4) is 0 Å². The van der Waals surface area contributed by atoms with Gasteiger partial charge in [-0.3, -0.25) is 28.9 Å². The van der Waals surface area contributed by atoms with Crippen LogP contribution in [0.25, 0.3) is 0 Å². The van der Waals surface area contributed by atoms with Crippen LogP contribution in [0.1, 0.15) is 131 Å². The second-order valence-electron chi connectivity index (χ2n) is 15.1. The van der Waals surface area contributed by atoms with Crippen molar-refractivity contribution < 1.29 is 33.8 Å². The molecule has 284 valence electrons. The lowest BCUT2D eigenvalue weighted by Gasteiger charge is -2.36. The van der Waals surface area contributed by atoms with E-state index < -0.39 is 35.7 Å². The fourth-order valence-electron chi connectivity index (χ4n) is 6.96. The number of benzene rings is 1. The van der Waals surface area contributed by atoms with Gasteiger partial charge in [-0.25, -0.2) is 4.79 Å². The highest BCUT2D eigenvalue weighted by molar-refractivity contribution is 6.21. The summed E-state index contributed by atoms with van der Waals surface area (Å²) in [4.78, 5) is 80.0. The number of carboxylic acid groups (broad SMARTS) is 1. The van der Waals surface area contributed by atoms with Gasteiger partial charge in [0.2, 0.25) is 5.91 Å². The van der Waals surface area contributed by atoms with Gasteiger partial charge in [-0.05, 0) is 64.7 Å². The Morgan fingerprint density at radius 3 is 1.92 bits per heavy atom. The fraction of sp³-hybridized carbons (Fsp3) is 0.600. The van der Waals surface area contributed by atoms with Gasteiger partial charge in [-0.15, -0.1) is 0 Å². The van der Waals surface area contributed by atoms with Crippen LogP contribution in [-0.4, -0.2) is 81.0 Å². The number of pyridine rings is 1. The van der Waals surface area contributed by atoms with Gasteiger partial charge in [0.1, 0.15) is 12.1 Å². The summed E-state index contributed by atoms with van der Waals surface area (Å²) < 4.78 is 6.65. The first-order valence-corrected chi connectivity index (χ1v) is 19.0. The molecule has 3 heterocycles. The number of carboxylic acids is 1. The highest BCUT2D eigenvalue weighted by Gasteiger charge is 2.35. The Bertz CT molecular complexity index is 1580. The van der Waals surface area contributed by atoms with E-state index in [0.29, 0.717) is 49.3 Å². The van der Waals surface area contributed by atoms with E-state index in [9.17, 15) is 33.9 Å². The number of aliphatic carboxylic acids is 1. The molecule has 0 bridgehead atoms. The second kappa shape index (κ2) is 19.4. The number of rotatable bonds is 19. The minimum atomic E-state index is -1.14. The van der Waals surface area contributed by atoms with Crippen molar-refractivity contribution in [3.63, 3.8) is 0 Å². The van der Waals surface area contributed by atoms with Gasteiger partial charge in [-0.1, -0.05) is 76.3 Å². The molecule has 0 aliphatic carbocycles. The Kier molecular flexibility index (Phi) is 15.0. The monoisotopic (exact) mass is 720 g/mol. The largest absolute Gasteiger partial charge is 0.480 e. The Morgan fingerprint density at radius 2 is 1.37 bits per heavy atom. The predicted molar refractivity (Wildman–Crippen MR) is 198 cm³/mol. The standard InChI is InChI=1S/C40H56N4O8/c1-40(2,3)52-39(51)41-24-18-19-30(27-41)36(48)43(31-22-23-34(45)42(28-31)29-35(46)47)25-16-12-10-8-6-4-5-7-9-11-13-17-26-44-37(49)32-20-14-15-21-33(32)38(44)50/h14-15,20-23,28,30H,4-13,16-19,24-27,29H2,1-3H3,(H,46,47). The molecular formula is C40H56N4O8. The maximum Gasteiger partial charge on any atom is 0.410 e. The van der Waals surface area contributed by atoms with Crippen LogP contribution >= 0.6 is 0 Å². The molecule has 2 aliphatic heterocycles. The van der Waals surface area contributed by atoms with E-state index in [1.54, 1.807) is 40.1 Å². The lowest BCUT2D eigenvalue weighted by Crippen LogP contribution is -2.48.